The maximum atomic E-state index is 11.4. The van der Waals surface area contributed by atoms with E-state index in [0.717, 1.165) is 33.6 Å². The van der Waals surface area contributed by atoms with Gasteiger partial charge in [-0.1, -0.05) is 42.5 Å². The Morgan fingerprint density at radius 3 is 2.60 bits per heavy atom. The molecule has 7 nitrogen and oxygen atoms in total. The van der Waals surface area contributed by atoms with E-state index in [-0.39, 0.29) is 12.3 Å². The molecule has 0 aliphatic rings. The number of carboxylic acid groups (broad SMARTS) is 1. The minimum absolute atomic E-state index is 0.0293. The lowest BCUT2D eigenvalue weighted by Gasteiger charge is -2.18. The van der Waals surface area contributed by atoms with E-state index in [4.69, 9.17) is 10.00 Å². The Morgan fingerprint density at radius 2 is 1.91 bits per heavy atom. The minimum atomic E-state index is -0.875. The summed E-state index contributed by atoms with van der Waals surface area (Å²) < 4.78 is 7.18. The summed E-state index contributed by atoms with van der Waals surface area (Å²) in [6, 6.07) is 25.3. The molecule has 0 fully saturated rings. The molecule has 2 N–H and O–H groups in total. The van der Waals surface area contributed by atoms with Gasteiger partial charge in [-0.3, -0.25) is 9.48 Å². The van der Waals surface area contributed by atoms with Crippen LogP contribution in [-0.2, 0) is 16.1 Å². The number of ether oxygens (including phenoxy) is 1. The molecule has 0 saturated carbocycles. The maximum Gasteiger partial charge on any atom is 0.304 e. The number of nitriles is 1. The molecule has 0 saturated heterocycles. The van der Waals surface area contributed by atoms with Crippen LogP contribution in [0.2, 0.25) is 0 Å². The SMILES string of the molecule is COCC(CC(=O)O)c1ccc(-c2cnn(Cc3ccccc3)c2)c(Nc2ccc(C#N)cc2)c1. The summed E-state index contributed by atoms with van der Waals surface area (Å²) in [5, 5.41) is 26.5. The Bertz CT molecular complexity index is 1320. The van der Waals surface area contributed by atoms with Crippen LogP contribution in [0.25, 0.3) is 11.1 Å². The van der Waals surface area contributed by atoms with Crippen molar-refractivity contribution in [1.82, 2.24) is 9.78 Å². The van der Waals surface area contributed by atoms with Gasteiger partial charge in [0.1, 0.15) is 0 Å². The van der Waals surface area contributed by atoms with Crippen molar-refractivity contribution < 1.29 is 14.6 Å². The number of carbonyl (C=O) groups is 1. The third kappa shape index (κ3) is 6.14. The molecule has 0 aliphatic heterocycles. The number of aliphatic carboxylic acids is 1. The number of benzene rings is 3. The van der Waals surface area contributed by atoms with Gasteiger partial charge in [-0.05, 0) is 41.5 Å². The molecule has 1 aromatic heterocycles. The average molecular weight is 467 g/mol. The largest absolute Gasteiger partial charge is 0.481 e. The summed E-state index contributed by atoms with van der Waals surface area (Å²) >= 11 is 0. The number of nitrogens with zero attached hydrogens (tertiary/aromatic N) is 3. The van der Waals surface area contributed by atoms with E-state index in [0.29, 0.717) is 18.7 Å². The lowest BCUT2D eigenvalue weighted by molar-refractivity contribution is -0.137. The van der Waals surface area contributed by atoms with Crippen molar-refractivity contribution >= 4 is 17.3 Å². The lowest BCUT2D eigenvalue weighted by Crippen LogP contribution is -2.12. The van der Waals surface area contributed by atoms with Crippen LogP contribution in [0.5, 0.6) is 0 Å². The third-order valence-corrected chi connectivity index (χ3v) is 5.73. The average Bonchev–Trinajstić information content (AvgIpc) is 3.33. The Labute approximate surface area is 204 Å². The number of hydrogen-bond acceptors (Lipinski definition) is 5. The van der Waals surface area contributed by atoms with Gasteiger partial charge >= 0.3 is 5.97 Å². The summed E-state index contributed by atoms with van der Waals surface area (Å²) in [7, 11) is 1.57. The van der Waals surface area contributed by atoms with Crippen LogP contribution in [0.15, 0.2) is 85.2 Å². The summed E-state index contributed by atoms with van der Waals surface area (Å²) in [4.78, 5) is 11.4. The quantitative estimate of drug-likeness (QED) is 0.324. The maximum absolute atomic E-state index is 11.4. The number of carboxylic acids is 1. The minimum Gasteiger partial charge on any atom is -0.481 e. The molecule has 0 bridgehead atoms. The van der Waals surface area contributed by atoms with E-state index >= 15 is 0 Å². The Balaban J connectivity index is 1.69. The van der Waals surface area contributed by atoms with Gasteiger partial charge in [0.05, 0.1) is 37.4 Å². The zero-order valence-electron chi connectivity index (χ0n) is 19.4. The van der Waals surface area contributed by atoms with Crippen LogP contribution in [-0.4, -0.2) is 34.6 Å². The van der Waals surface area contributed by atoms with E-state index in [1.54, 1.807) is 19.2 Å². The molecule has 3 aromatic carbocycles. The molecule has 35 heavy (non-hydrogen) atoms. The molecule has 1 unspecified atom stereocenters. The Hall–Kier alpha value is -4.41. The highest BCUT2D eigenvalue weighted by molar-refractivity contribution is 5.81. The van der Waals surface area contributed by atoms with Crippen LogP contribution in [0, 0.1) is 11.3 Å². The number of rotatable bonds is 10. The summed E-state index contributed by atoms with van der Waals surface area (Å²) in [5.74, 6) is -1.16. The van der Waals surface area contributed by atoms with Gasteiger partial charge in [0.15, 0.2) is 0 Å². The topological polar surface area (TPSA) is 100 Å². The monoisotopic (exact) mass is 466 g/mol. The zero-order valence-corrected chi connectivity index (χ0v) is 19.4. The first kappa shape index (κ1) is 23.7. The van der Waals surface area contributed by atoms with E-state index in [9.17, 15) is 9.90 Å². The molecule has 0 spiro atoms. The highest BCUT2D eigenvalue weighted by Crippen LogP contribution is 2.34. The molecule has 0 radical (unpaired) electrons. The standard InChI is InChI=1S/C28H26N4O3/c1-35-19-23(14-28(33)34)22-9-12-26(27(13-22)31-25-10-7-20(15-29)8-11-25)24-16-30-32(18-24)17-21-5-3-2-4-6-21/h2-13,16,18,23,31H,14,17,19H2,1H3,(H,33,34). The van der Waals surface area contributed by atoms with Crippen LogP contribution >= 0.6 is 0 Å². The lowest BCUT2D eigenvalue weighted by atomic mass is 9.93. The highest BCUT2D eigenvalue weighted by atomic mass is 16.5. The van der Waals surface area contributed by atoms with E-state index in [1.807, 2.05) is 65.6 Å². The van der Waals surface area contributed by atoms with E-state index in [2.05, 4.69) is 28.6 Å². The number of anilines is 2. The van der Waals surface area contributed by atoms with Gasteiger partial charge in [0, 0.05) is 41.7 Å². The predicted octanol–water partition coefficient (Wildman–Crippen LogP) is 5.42. The molecular weight excluding hydrogens is 440 g/mol. The number of methoxy groups -OCH3 is 1. The van der Waals surface area contributed by atoms with Crippen LogP contribution < -0.4 is 5.32 Å². The van der Waals surface area contributed by atoms with Gasteiger partial charge in [-0.2, -0.15) is 10.4 Å². The van der Waals surface area contributed by atoms with Crippen LogP contribution in [0.4, 0.5) is 11.4 Å². The number of nitrogens with one attached hydrogen (secondary N) is 1. The normalized spacial score (nSPS) is 11.5. The second-order valence-electron chi connectivity index (χ2n) is 8.28. The molecule has 4 aromatic rings. The van der Waals surface area contributed by atoms with Crippen molar-refractivity contribution in [1.29, 1.82) is 5.26 Å². The molecule has 4 rings (SSSR count). The smallest absolute Gasteiger partial charge is 0.304 e. The first-order valence-corrected chi connectivity index (χ1v) is 11.2. The summed E-state index contributed by atoms with van der Waals surface area (Å²) in [6.07, 6.45) is 3.79. The first-order chi connectivity index (χ1) is 17.1. The molecule has 7 heteroatoms. The van der Waals surface area contributed by atoms with E-state index in [1.165, 1.54) is 0 Å². The second kappa shape index (κ2) is 11.1. The van der Waals surface area contributed by atoms with Crippen molar-refractivity contribution in [2.45, 2.75) is 18.9 Å². The molecule has 1 heterocycles. The van der Waals surface area contributed by atoms with E-state index < -0.39 is 5.97 Å². The van der Waals surface area contributed by atoms with Gasteiger partial charge in [0.2, 0.25) is 0 Å². The van der Waals surface area contributed by atoms with Gasteiger partial charge < -0.3 is 15.2 Å². The highest BCUT2D eigenvalue weighted by Gasteiger charge is 2.18. The van der Waals surface area contributed by atoms with Crippen molar-refractivity contribution in [2.24, 2.45) is 0 Å². The van der Waals surface area contributed by atoms with Crippen molar-refractivity contribution in [3.63, 3.8) is 0 Å². The van der Waals surface area contributed by atoms with Crippen molar-refractivity contribution in [3.05, 3.63) is 102 Å². The van der Waals surface area contributed by atoms with Gasteiger partial charge in [-0.25, -0.2) is 0 Å². The molecule has 176 valence electrons. The first-order valence-electron chi connectivity index (χ1n) is 11.2. The van der Waals surface area contributed by atoms with Crippen LogP contribution in [0.1, 0.15) is 29.0 Å². The summed E-state index contributed by atoms with van der Waals surface area (Å²) in [5.41, 5.74) is 6.11. The molecular formula is C28H26N4O3. The Kier molecular flexibility index (Phi) is 7.56. The molecule has 0 aliphatic carbocycles. The number of hydrogen-bond donors (Lipinski definition) is 2. The van der Waals surface area contributed by atoms with Gasteiger partial charge in [-0.15, -0.1) is 0 Å². The van der Waals surface area contributed by atoms with Crippen molar-refractivity contribution in [2.75, 3.05) is 19.0 Å². The van der Waals surface area contributed by atoms with Crippen LogP contribution in [0.3, 0.4) is 0 Å². The summed E-state index contributed by atoms with van der Waals surface area (Å²) in [6.45, 7) is 0.961. The molecule has 0 amide bonds. The second-order valence-corrected chi connectivity index (χ2v) is 8.28. The fraction of sp³-hybridized carbons (Fsp3) is 0.179. The fourth-order valence-corrected chi connectivity index (χ4v) is 4.00. The predicted molar refractivity (Wildman–Crippen MR) is 135 cm³/mol. The zero-order chi connectivity index (χ0) is 24.6. The van der Waals surface area contributed by atoms with Gasteiger partial charge in [0.25, 0.3) is 0 Å². The van der Waals surface area contributed by atoms with Crippen molar-refractivity contribution in [3.8, 4) is 17.2 Å². The molecule has 1 atom stereocenters. The Morgan fingerprint density at radius 1 is 1.14 bits per heavy atom. The third-order valence-electron chi connectivity index (χ3n) is 5.73. The fourth-order valence-electron chi connectivity index (χ4n) is 4.00. The number of aromatic nitrogens is 2.